The molecule has 2 heteroatoms. The van der Waals surface area contributed by atoms with E-state index in [-0.39, 0.29) is 0 Å². The van der Waals surface area contributed by atoms with Crippen molar-refractivity contribution in [3.8, 4) is 44.5 Å². The molecule has 0 fully saturated rings. The fourth-order valence-electron chi connectivity index (χ4n) is 10.8. The molecule has 0 aliphatic rings. The third-order valence-electron chi connectivity index (χ3n) is 14.2. The molecule has 0 radical (unpaired) electrons. The van der Waals surface area contributed by atoms with Crippen molar-refractivity contribution in [2.24, 2.45) is 0 Å². The molecule has 0 aromatic heterocycles. The molecular weight excluding hydrogens is 869 g/mol. The van der Waals surface area contributed by atoms with Crippen LogP contribution in [0.25, 0.3) is 87.6 Å². The van der Waals surface area contributed by atoms with Crippen molar-refractivity contribution in [1.29, 1.82) is 0 Å². The molecule has 0 spiro atoms. The van der Waals surface area contributed by atoms with E-state index in [9.17, 15) is 0 Å². The minimum absolute atomic E-state index is 1.08. The summed E-state index contributed by atoms with van der Waals surface area (Å²) in [5, 5.41) is 9.51. The van der Waals surface area contributed by atoms with Crippen molar-refractivity contribution in [2.75, 3.05) is 9.80 Å². The maximum Gasteiger partial charge on any atom is 0.0540 e. The van der Waals surface area contributed by atoms with Crippen LogP contribution in [-0.2, 0) is 0 Å². The molecule has 2 nitrogen and oxygen atoms in total. The first kappa shape index (κ1) is 42.6. The van der Waals surface area contributed by atoms with Gasteiger partial charge in [-0.1, -0.05) is 231 Å². The number of anilines is 6. The summed E-state index contributed by atoms with van der Waals surface area (Å²) in [6.45, 7) is 0. The van der Waals surface area contributed by atoms with Crippen molar-refractivity contribution >= 4 is 77.2 Å². The maximum absolute atomic E-state index is 2.44. The van der Waals surface area contributed by atoms with Gasteiger partial charge in [-0.3, -0.25) is 0 Å². The molecule has 0 amide bonds. The van der Waals surface area contributed by atoms with Crippen molar-refractivity contribution < 1.29 is 0 Å². The summed E-state index contributed by atoms with van der Waals surface area (Å²) < 4.78 is 0. The number of hydrogen-bond acceptors (Lipinski definition) is 2. The van der Waals surface area contributed by atoms with E-state index in [0.717, 1.165) is 45.3 Å². The van der Waals surface area contributed by atoms with E-state index in [2.05, 4.69) is 301 Å². The Balaban J connectivity index is 1.12. The highest BCUT2D eigenvalue weighted by Crippen LogP contribution is 2.50. The average molecular weight is 917 g/mol. The largest absolute Gasteiger partial charge is 0.310 e. The van der Waals surface area contributed by atoms with Crippen LogP contribution in [0.15, 0.2) is 291 Å². The van der Waals surface area contributed by atoms with Crippen LogP contribution in [0.1, 0.15) is 0 Å². The zero-order valence-electron chi connectivity index (χ0n) is 39.6. The Morgan fingerprint density at radius 1 is 0.181 bits per heavy atom. The first-order valence-corrected chi connectivity index (χ1v) is 24.7. The summed E-state index contributed by atoms with van der Waals surface area (Å²) in [5.41, 5.74) is 16.1. The normalized spacial score (nSPS) is 11.3. The highest BCUT2D eigenvalue weighted by atomic mass is 15.1. The van der Waals surface area contributed by atoms with Crippen molar-refractivity contribution in [1.82, 2.24) is 0 Å². The van der Waals surface area contributed by atoms with Crippen molar-refractivity contribution in [3.63, 3.8) is 0 Å². The average Bonchev–Trinajstić information content (AvgIpc) is 3.46. The van der Waals surface area contributed by atoms with E-state index in [4.69, 9.17) is 0 Å². The number of rotatable bonds is 10. The molecule has 0 saturated heterocycles. The van der Waals surface area contributed by atoms with Crippen LogP contribution in [0.2, 0.25) is 0 Å². The van der Waals surface area contributed by atoms with Crippen molar-refractivity contribution in [3.05, 3.63) is 291 Å². The summed E-state index contributed by atoms with van der Waals surface area (Å²) in [6.07, 6.45) is 0. The highest BCUT2D eigenvalue weighted by molar-refractivity contribution is 6.23. The molecule has 13 aromatic carbocycles. The van der Waals surface area contributed by atoms with Gasteiger partial charge in [-0.15, -0.1) is 0 Å². The number of fused-ring (bicyclic) bond motifs is 4. The second-order valence-electron chi connectivity index (χ2n) is 18.4. The van der Waals surface area contributed by atoms with Crippen molar-refractivity contribution in [2.45, 2.75) is 0 Å². The SMILES string of the molecule is c1ccc(-c2ccc(-c3c4ccc(N(c5ccccc5)c5cccc6ccccc56)cc4c(-c4ccc(-c5ccccc5)cc4)c4ccc(N(c5ccccc5)c5cccc6ccccc56)cc34)cc2)cc1. The fraction of sp³-hybridized carbons (Fsp3) is 0. The molecule has 0 heterocycles. The van der Waals surface area contributed by atoms with Crippen LogP contribution >= 0.6 is 0 Å². The third kappa shape index (κ3) is 7.73. The molecule has 13 aromatic rings. The Morgan fingerprint density at radius 3 is 0.903 bits per heavy atom. The Hall–Kier alpha value is -9.50. The minimum atomic E-state index is 1.08. The second kappa shape index (κ2) is 18.4. The number of para-hydroxylation sites is 2. The topological polar surface area (TPSA) is 6.48 Å². The molecule has 0 saturated carbocycles. The summed E-state index contributed by atoms with van der Waals surface area (Å²) in [7, 11) is 0. The lowest BCUT2D eigenvalue weighted by molar-refractivity contribution is 1.30. The zero-order valence-corrected chi connectivity index (χ0v) is 39.6. The van der Waals surface area contributed by atoms with Crippen LogP contribution in [0, 0.1) is 0 Å². The maximum atomic E-state index is 2.44. The van der Waals surface area contributed by atoms with Gasteiger partial charge >= 0.3 is 0 Å². The molecule has 72 heavy (non-hydrogen) atoms. The van der Waals surface area contributed by atoms with Crippen LogP contribution in [0.5, 0.6) is 0 Å². The van der Waals surface area contributed by atoms with Crippen LogP contribution in [0.4, 0.5) is 34.1 Å². The van der Waals surface area contributed by atoms with Gasteiger partial charge in [0.25, 0.3) is 0 Å². The lowest BCUT2D eigenvalue weighted by atomic mass is 9.84. The minimum Gasteiger partial charge on any atom is -0.310 e. The molecule has 0 N–H and O–H groups in total. The van der Waals surface area contributed by atoms with Gasteiger partial charge in [0.1, 0.15) is 0 Å². The zero-order chi connectivity index (χ0) is 47.8. The number of nitrogens with zero attached hydrogens (tertiary/aromatic N) is 2. The Morgan fingerprint density at radius 2 is 0.500 bits per heavy atom. The van der Waals surface area contributed by atoms with Gasteiger partial charge in [0.15, 0.2) is 0 Å². The second-order valence-corrected chi connectivity index (χ2v) is 18.4. The van der Waals surface area contributed by atoms with E-state index >= 15 is 0 Å². The predicted octanol–water partition coefficient (Wildman–Crippen LogP) is 19.9. The van der Waals surface area contributed by atoms with Gasteiger partial charge in [0.2, 0.25) is 0 Å². The molecule has 0 atom stereocenters. The fourth-order valence-corrected chi connectivity index (χ4v) is 10.8. The molecule has 0 unspecified atom stereocenters. The lowest BCUT2D eigenvalue weighted by Gasteiger charge is -2.29. The Kier molecular flexibility index (Phi) is 10.9. The molecule has 0 aliphatic carbocycles. The first-order valence-electron chi connectivity index (χ1n) is 24.7. The summed E-state index contributed by atoms with van der Waals surface area (Å²) in [6, 6.07) is 106. The third-order valence-corrected chi connectivity index (χ3v) is 14.2. The van der Waals surface area contributed by atoms with Gasteiger partial charge in [-0.25, -0.2) is 0 Å². The highest BCUT2D eigenvalue weighted by Gasteiger charge is 2.23. The molecule has 13 rings (SSSR count). The Labute approximate surface area is 420 Å². The molecule has 0 aliphatic heterocycles. The van der Waals surface area contributed by atoms with E-state index in [1.165, 1.54) is 76.5 Å². The summed E-state index contributed by atoms with van der Waals surface area (Å²) in [4.78, 5) is 4.85. The van der Waals surface area contributed by atoms with Gasteiger partial charge in [-0.05, 0) is 137 Å². The van der Waals surface area contributed by atoms with Crippen LogP contribution < -0.4 is 9.80 Å². The molecule has 0 bridgehead atoms. The monoisotopic (exact) mass is 916 g/mol. The number of benzene rings is 13. The van der Waals surface area contributed by atoms with E-state index < -0.39 is 0 Å². The van der Waals surface area contributed by atoms with Gasteiger partial charge in [0, 0.05) is 33.5 Å². The van der Waals surface area contributed by atoms with Crippen LogP contribution in [-0.4, -0.2) is 0 Å². The Bertz CT molecular complexity index is 3780. The van der Waals surface area contributed by atoms with E-state index in [1.54, 1.807) is 0 Å². The van der Waals surface area contributed by atoms with E-state index in [1.807, 2.05) is 0 Å². The lowest BCUT2D eigenvalue weighted by Crippen LogP contribution is -2.11. The summed E-state index contributed by atoms with van der Waals surface area (Å²) >= 11 is 0. The molecular formula is C70H48N2. The first-order chi connectivity index (χ1) is 35.7. The number of hydrogen-bond donors (Lipinski definition) is 0. The van der Waals surface area contributed by atoms with Gasteiger partial charge < -0.3 is 9.80 Å². The van der Waals surface area contributed by atoms with E-state index in [0.29, 0.717) is 0 Å². The summed E-state index contributed by atoms with van der Waals surface area (Å²) in [5.74, 6) is 0. The quantitative estimate of drug-likeness (QED) is 0.126. The molecule has 338 valence electrons. The van der Waals surface area contributed by atoms with Gasteiger partial charge in [0.05, 0.1) is 11.4 Å². The smallest absolute Gasteiger partial charge is 0.0540 e. The standard InChI is InChI=1S/C70H48N2/c1-5-19-49(20-6-1)51-35-39-55(40-36-51)69-63-45-43-60(72(58-29-11-4-12-30-58)68-34-18-26-54-24-14-16-32-62(54)68)48-66(63)70(56-41-37-52(38-42-56)50-21-7-2-8-22-50)64-46-44-59(47-65(64)69)71(57-27-9-3-10-28-57)67-33-17-25-53-23-13-15-31-61(53)67/h1-48H. The van der Waals surface area contributed by atoms with Gasteiger partial charge in [-0.2, -0.15) is 0 Å². The predicted molar refractivity (Wildman–Crippen MR) is 308 cm³/mol. The van der Waals surface area contributed by atoms with Crippen LogP contribution in [0.3, 0.4) is 0 Å².